The number of nitrogens with zero attached hydrogens (tertiary/aromatic N) is 3. The molecule has 3 amide bonds. The highest BCUT2D eigenvalue weighted by Gasteiger charge is 2.45. The van der Waals surface area contributed by atoms with Crippen LogP contribution in [-0.4, -0.2) is 56.3 Å². The number of carbonyl (C=O) groups is 3. The lowest BCUT2D eigenvalue weighted by molar-refractivity contribution is -0.120. The second kappa shape index (κ2) is 8.78. The van der Waals surface area contributed by atoms with Gasteiger partial charge in [-0.15, -0.1) is 0 Å². The molecule has 2 aliphatic rings. The topological polar surface area (TPSA) is 125 Å². The number of hydrogen-bond donors (Lipinski definition) is 3. The Kier molecular flexibility index (Phi) is 5.51. The zero-order valence-corrected chi connectivity index (χ0v) is 18.0. The number of amides is 3. The molecule has 1 aromatic heterocycles. The minimum absolute atomic E-state index is 0.148. The first kappa shape index (κ1) is 21.3. The Morgan fingerprint density at radius 2 is 1.85 bits per heavy atom. The van der Waals surface area contributed by atoms with Crippen molar-refractivity contribution < 1.29 is 19.5 Å². The summed E-state index contributed by atoms with van der Waals surface area (Å²) in [5.74, 6) is -0.866. The van der Waals surface area contributed by atoms with Crippen molar-refractivity contribution in [2.24, 2.45) is 0 Å². The van der Waals surface area contributed by atoms with Crippen molar-refractivity contribution in [3.05, 3.63) is 83.4 Å². The maximum atomic E-state index is 13.4. The molecule has 170 valence electrons. The quantitative estimate of drug-likeness (QED) is 0.519. The highest BCUT2D eigenvalue weighted by atomic mass is 16.3. The molecule has 2 atom stereocenters. The van der Waals surface area contributed by atoms with Gasteiger partial charge in [0.15, 0.2) is 0 Å². The summed E-state index contributed by atoms with van der Waals surface area (Å²) in [5, 5.41) is 15.1. The number of nitrogens with one attached hydrogen (secondary N) is 2. The van der Waals surface area contributed by atoms with E-state index in [0.29, 0.717) is 24.2 Å². The average molecular weight is 455 g/mol. The molecule has 0 radical (unpaired) electrons. The van der Waals surface area contributed by atoms with E-state index in [-0.39, 0.29) is 23.3 Å². The van der Waals surface area contributed by atoms with E-state index in [1.54, 1.807) is 36.4 Å². The third-order valence-corrected chi connectivity index (χ3v) is 5.93. The first-order valence-corrected chi connectivity index (χ1v) is 10.8. The molecule has 1 saturated heterocycles. The smallest absolute Gasteiger partial charge is 0.271 e. The van der Waals surface area contributed by atoms with E-state index in [9.17, 15) is 19.5 Å². The Bertz CT molecular complexity index is 1290. The Morgan fingerprint density at radius 3 is 2.62 bits per heavy atom. The predicted octanol–water partition coefficient (Wildman–Crippen LogP) is 2.32. The molecule has 34 heavy (non-hydrogen) atoms. The zero-order valence-electron chi connectivity index (χ0n) is 18.0. The summed E-state index contributed by atoms with van der Waals surface area (Å²) in [6.45, 7) is 0.343. The van der Waals surface area contributed by atoms with Crippen LogP contribution in [0.25, 0.3) is 12.2 Å². The van der Waals surface area contributed by atoms with Crippen LogP contribution in [0.3, 0.4) is 0 Å². The average Bonchev–Trinajstić information content (AvgIpc) is 3.23. The van der Waals surface area contributed by atoms with Crippen molar-refractivity contribution in [2.75, 3.05) is 11.9 Å². The first-order valence-electron chi connectivity index (χ1n) is 10.8. The predicted molar refractivity (Wildman–Crippen MR) is 125 cm³/mol. The van der Waals surface area contributed by atoms with E-state index in [0.717, 1.165) is 11.1 Å². The molecule has 0 unspecified atom stereocenters. The molecule has 9 heteroatoms. The number of benzene rings is 2. The van der Waals surface area contributed by atoms with Crippen molar-refractivity contribution in [3.8, 4) is 5.75 Å². The minimum Gasteiger partial charge on any atom is -0.508 e. The van der Waals surface area contributed by atoms with Crippen LogP contribution in [0.2, 0.25) is 0 Å². The van der Waals surface area contributed by atoms with E-state index in [2.05, 4.69) is 20.6 Å². The van der Waals surface area contributed by atoms with Crippen LogP contribution in [0.5, 0.6) is 5.75 Å². The SMILES string of the molecule is O=C(N[C@H]1CCN2C(=O)c3cc(C=Cc4ccc(O)cc4)ccc3NC(=O)[C@H]12)c1cnccn1. The van der Waals surface area contributed by atoms with Gasteiger partial charge in [-0.1, -0.05) is 30.4 Å². The fourth-order valence-electron chi connectivity index (χ4n) is 4.24. The fraction of sp³-hybridized carbons (Fsp3) is 0.160. The van der Waals surface area contributed by atoms with Gasteiger partial charge in [-0.3, -0.25) is 19.4 Å². The van der Waals surface area contributed by atoms with Gasteiger partial charge in [-0.2, -0.15) is 0 Å². The number of aromatic nitrogens is 2. The van der Waals surface area contributed by atoms with Crippen LogP contribution in [-0.2, 0) is 4.79 Å². The number of carbonyl (C=O) groups excluding carboxylic acids is 3. The first-order chi connectivity index (χ1) is 16.5. The van der Waals surface area contributed by atoms with Crippen LogP contribution < -0.4 is 10.6 Å². The molecule has 1 fully saturated rings. The van der Waals surface area contributed by atoms with Gasteiger partial charge in [0.05, 0.1) is 23.5 Å². The van der Waals surface area contributed by atoms with Gasteiger partial charge in [0.1, 0.15) is 17.5 Å². The van der Waals surface area contributed by atoms with Gasteiger partial charge in [0.2, 0.25) is 5.91 Å². The summed E-state index contributed by atoms with van der Waals surface area (Å²) < 4.78 is 0. The molecule has 0 bridgehead atoms. The third-order valence-electron chi connectivity index (χ3n) is 5.93. The Hall–Kier alpha value is -4.53. The number of rotatable bonds is 4. The van der Waals surface area contributed by atoms with E-state index < -0.39 is 18.0 Å². The van der Waals surface area contributed by atoms with Crippen LogP contribution in [0.4, 0.5) is 5.69 Å². The molecule has 2 aliphatic heterocycles. The van der Waals surface area contributed by atoms with Gasteiger partial charge >= 0.3 is 0 Å². The van der Waals surface area contributed by atoms with Gasteiger partial charge < -0.3 is 20.6 Å². The summed E-state index contributed by atoms with van der Waals surface area (Å²) in [6.07, 6.45) is 8.42. The van der Waals surface area contributed by atoms with E-state index >= 15 is 0 Å². The normalized spacial score (nSPS) is 19.4. The minimum atomic E-state index is -0.823. The molecular formula is C25H21N5O4. The molecule has 3 heterocycles. The number of phenolic OH excluding ortho intramolecular Hbond substituents is 1. The Balaban J connectivity index is 1.37. The van der Waals surface area contributed by atoms with Crippen molar-refractivity contribution in [1.82, 2.24) is 20.2 Å². The molecule has 3 N–H and O–H groups in total. The molecule has 0 aliphatic carbocycles. The van der Waals surface area contributed by atoms with Crippen LogP contribution >= 0.6 is 0 Å². The number of hydrogen-bond acceptors (Lipinski definition) is 6. The number of phenols is 1. The lowest BCUT2D eigenvalue weighted by Gasteiger charge is -2.24. The zero-order chi connectivity index (χ0) is 23.7. The summed E-state index contributed by atoms with van der Waals surface area (Å²) in [5.41, 5.74) is 2.66. The molecule has 0 spiro atoms. The van der Waals surface area contributed by atoms with Gasteiger partial charge in [-0.05, 0) is 41.8 Å². The molecule has 5 rings (SSSR count). The van der Waals surface area contributed by atoms with Crippen molar-refractivity contribution in [3.63, 3.8) is 0 Å². The summed E-state index contributed by atoms with van der Waals surface area (Å²) >= 11 is 0. The maximum Gasteiger partial charge on any atom is 0.271 e. The Morgan fingerprint density at radius 1 is 1.09 bits per heavy atom. The van der Waals surface area contributed by atoms with E-state index in [1.807, 2.05) is 18.2 Å². The second-order valence-corrected chi connectivity index (χ2v) is 8.12. The number of fused-ring (bicyclic) bond motifs is 2. The molecule has 2 aromatic carbocycles. The molecule has 3 aromatic rings. The summed E-state index contributed by atoms with van der Waals surface area (Å²) in [6, 6.07) is 10.7. The highest BCUT2D eigenvalue weighted by Crippen LogP contribution is 2.30. The third kappa shape index (κ3) is 4.11. The molecule has 9 nitrogen and oxygen atoms in total. The molecular weight excluding hydrogens is 434 g/mol. The van der Waals surface area contributed by atoms with E-state index in [4.69, 9.17) is 0 Å². The lowest BCUT2D eigenvalue weighted by Crippen LogP contribution is -2.51. The largest absolute Gasteiger partial charge is 0.508 e. The summed E-state index contributed by atoms with van der Waals surface area (Å²) in [7, 11) is 0. The lowest BCUT2D eigenvalue weighted by atomic mass is 10.1. The fourth-order valence-corrected chi connectivity index (χ4v) is 4.24. The van der Waals surface area contributed by atoms with Crippen LogP contribution in [0.1, 0.15) is 38.4 Å². The van der Waals surface area contributed by atoms with Gasteiger partial charge in [-0.25, -0.2) is 4.98 Å². The van der Waals surface area contributed by atoms with Crippen molar-refractivity contribution in [1.29, 1.82) is 0 Å². The molecule has 0 saturated carbocycles. The van der Waals surface area contributed by atoms with Crippen LogP contribution in [0.15, 0.2) is 61.1 Å². The second-order valence-electron chi connectivity index (χ2n) is 8.12. The number of aromatic hydroxyl groups is 1. The monoisotopic (exact) mass is 455 g/mol. The highest BCUT2D eigenvalue weighted by molar-refractivity contribution is 6.11. The Labute approximate surface area is 195 Å². The van der Waals surface area contributed by atoms with E-state index in [1.165, 1.54) is 23.5 Å². The van der Waals surface area contributed by atoms with Gasteiger partial charge in [0, 0.05) is 18.9 Å². The van der Waals surface area contributed by atoms with Crippen LogP contribution in [0, 0.1) is 0 Å². The number of anilines is 1. The van der Waals surface area contributed by atoms with Crippen molar-refractivity contribution in [2.45, 2.75) is 18.5 Å². The van der Waals surface area contributed by atoms with Crippen molar-refractivity contribution >= 4 is 35.6 Å². The van der Waals surface area contributed by atoms with Gasteiger partial charge in [0.25, 0.3) is 11.8 Å². The standard InChI is InChI=1S/C25H21N5O4/c31-17-6-3-15(4-7-17)1-2-16-5-8-19-18(13-16)25(34)30-12-9-20(22(30)24(33)28-19)29-23(32)21-14-26-10-11-27-21/h1-8,10-11,13-14,20,22,31H,9,12H2,(H,28,33)(H,29,32)/t20-,22-/m0/s1. The maximum absolute atomic E-state index is 13.4. The summed E-state index contributed by atoms with van der Waals surface area (Å²) in [4.78, 5) is 48.4.